The monoisotopic (exact) mass is 716 g/mol. The predicted octanol–water partition coefficient (Wildman–Crippen LogP) is 3.27. The van der Waals surface area contributed by atoms with Crippen molar-refractivity contribution in [1.29, 1.82) is 0 Å². The minimum Gasteiger partial charge on any atom is -0.506 e. The number of aliphatic hydroxyl groups excluding tert-OH is 1. The zero-order valence-corrected chi connectivity index (χ0v) is 30.3. The van der Waals surface area contributed by atoms with Crippen molar-refractivity contribution in [2.75, 3.05) is 39.0 Å². The highest BCUT2D eigenvalue weighted by atomic mass is 32.2. The molecule has 0 aliphatic carbocycles. The summed E-state index contributed by atoms with van der Waals surface area (Å²) in [6.45, 7) is 8.68. The number of nitrogens with one attached hydrogen (secondary N) is 1. The maximum absolute atomic E-state index is 14.1. The van der Waals surface area contributed by atoms with Gasteiger partial charge in [-0.3, -0.25) is 4.79 Å². The molecular weight excluding hydrogens is 669 g/mol. The number of ether oxygens (including phenoxy) is 1. The Kier molecular flexibility index (Phi) is 13.0. The van der Waals surface area contributed by atoms with Crippen LogP contribution in [0.1, 0.15) is 44.0 Å². The number of aromatic hydroxyl groups is 1. The van der Waals surface area contributed by atoms with Gasteiger partial charge in [0.2, 0.25) is 15.9 Å². The number of phenols is 1. The van der Waals surface area contributed by atoms with Crippen LogP contribution in [-0.4, -0.2) is 101 Å². The van der Waals surface area contributed by atoms with Crippen LogP contribution >= 0.6 is 11.3 Å². The number of thiazole rings is 1. The van der Waals surface area contributed by atoms with E-state index in [4.69, 9.17) is 10.5 Å². The molecule has 1 saturated heterocycles. The van der Waals surface area contributed by atoms with E-state index < -0.39 is 34.1 Å². The van der Waals surface area contributed by atoms with Crippen molar-refractivity contribution in [2.45, 2.75) is 70.4 Å². The molecule has 2 aromatic carbocycles. The SMILES string of the molecule is COCc1nc(CN2CCN([C@H](C(=O)N[C@@H](Cc3ccccc3)[C@@H](O)CN(CC(C)C)S(=O)(=O)c3ccc(O)c(N)c3)C(C)C)C2=O)cs1. The van der Waals surface area contributed by atoms with E-state index >= 15 is 0 Å². The molecule has 13 nitrogen and oxygen atoms in total. The molecule has 3 amide bonds. The number of sulfonamides is 1. The summed E-state index contributed by atoms with van der Waals surface area (Å²) >= 11 is 1.46. The molecule has 2 heterocycles. The molecule has 5 N–H and O–H groups in total. The number of phenolic OH excluding ortho intramolecular Hbond substituents is 1. The van der Waals surface area contributed by atoms with Gasteiger partial charge in [0, 0.05) is 38.7 Å². The van der Waals surface area contributed by atoms with Crippen molar-refractivity contribution >= 4 is 39.0 Å². The van der Waals surface area contributed by atoms with Gasteiger partial charge in [0.15, 0.2) is 0 Å². The molecule has 0 unspecified atom stereocenters. The van der Waals surface area contributed by atoms with Crippen molar-refractivity contribution in [2.24, 2.45) is 11.8 Å². The first-order chi connectivity index (χ1) is 23.2. The maximum atomic E-state index is 14.1. The number of nitrogen functional groups attached to an aromatic ring is 1. The molecule has 15 heteroatoms. The minimum absolute atomic E-state index is 0.0856. The summed E-state index contributed by atoms with van der Waals surface area (Å²) in [6, 6.07) is 10.9. The molecule has 0 spiro atoms. The summed E-state index contributed by atoms with van der Waals surface area (Å²) in [5, 5.41) is 27.3. The Morgan fingerprint density at radius 2 is 1.84 bits per heavy atom. The fourth-order valence-electron chi connectivity index (χ4n) is 5.89. The number of aromatic nitrogens is 1. The standard InChI is InChI=1S/C34H48N6O7S2/c1-22(2)17-39(49(45,46)26-11-12-29(41)27(35)16-26)19-30(42)28(15-24-9-7-6-8-10-24)37-33(43)32(23(3)4)40-14-13-38(34(40)44)18-25-21-48-31(36-25)20-47-5/h6-12,16,21-23,28,30,32,41-42H,13-15,17-20,35H2,1-5H3,(H,37,43)/t28-,30-,32-/m0/s1. The normalized spacial score (nSPS) is 15.7. The topological polar surface area (TPSA) is 179 Å². The first-order valence-corrected chi connectivity index (χ1v) is 18.6. The van der Waals surface area contributed by atoms with Gasteiger partial charge in [-0.15, -0.1) is 11.3 Å². The van der Waals surface area contributed by atoms with Crippen molar-refractivity contribution < 1.29 is 33.0 Å². The summed E-state index contributed by atoms with van der Waals surface area (Å²) in [6.07, 6.45) is -1.11. The number of hydrogen-bond acceptors (Lipinski definition) is 10. The molecule has 1 aromatic heterocycles. The zero-order chi connectivity index (χ0) is 35.9. The zero-order valence-electron chi connectivity index (χ0n) is 28.7. The third-order valence-electron chi connectivity index (χ3n) is 8.27. The van der Waals surface area contributed by atoms with Crippen LogP contribution in [0.25, 0.3) is 0 Å². The van der Waals surface area contributed by atoms with Crippen LogP contribution < -0.4 is 11.1 Å². The number of methoxy groups -OCH3 is 1. The van der Waals surface area contributed by atoms with E-state index in [1.165, 1.54) is 33.8 Å². The largest absolute Gasteiger partial charge is 0.506 e. The van der Waals surface area contributed by atoms with E-state index in [1.807, 2.05) is 63.4 Å². The lowest BCUT2D eigenvalue weighted by Gasteiger charge is -2.34. The highest BCUT2D eigenvalue weighted by Crippen LogP contribution is 2.27. The lowest BCUT2D eigenvalue weighted by atomic mass is 9.97. The summed E-state index contributed by atoms with van der Waals surface area (Å²) in [5.74, 6) is -1.03. The second-order valence-electron chi connectivity index (χ2n) is 13.1. The van der Waals surface area contributed by atoms with Crippen molar-refractivity contribution in [3.63, 3.8) is 0 Å². The van der Waals surface area contributed by atoms with Crippen LogP contribution in [0.5, 0.6) is 5.75 Å². The smallest absolute Gasteiger partial charge is 0.321 e. The van der Waals surface area contributed by atoms with E-state index in [1.54, 1.807) is 16.9 Å². The molecule has 3 atom stereocenters. The van der Waals surface area contributed by atoms with Gasteiger partial charge in [-0.05, 0) is 42.0 Å². The van der Waals surface area contributed by atoms with Gasteiger partial charge in [-0.25, -0.2) is 18.2 Å². The van der Waals surface area contributed by atoms with Gasteiger partial charge >= 0.3 is 6.03 Å². The minimum atomic E-state index is -4.15. The number of hydrogen-bond donors (Lipinski definition) is 4. The third kappa shape index (κ3) is 9.69. The van der Waals surface area contributed by atoms with Gasteiger partial charge in [0.1, 0.15) is 16.8 Å². The molecule has 0 saturated carbocycles. The molecule has 268 valence electrons. The molecule has 49 heavy (non-hydrogen) atoms. The number of urea groups is 1. The number of nitrogens with zero attached hydrogens (tertiary/aromatic N) is 4. The van der Waals surface area contributed by atoms with Gasteiger partial charge < -0.3 is 35.8 Å². The first kappa shape index (κ1) is 38.0. The highest BCUT2D eigenvalue weighted by molar-refractivity contribution is 7.89. The quantitative estimate of drug-likeness (QED) is 0.121. The van der Waals surface area contributed by atoms with Crippen LogP contribution in [0.2, 0.25) is 0 Å². The Morgan fingerprint density at radius 1 is 1.12 bits per heavy atom. The number of amides is 3. The summed E-state index contributed by atoms with van der Waals surface area (Å²) in [4.78, 5) is 35.3. The molecule has 0 radical (unpaired) electrons. The Labute approximate surface area is 292 Å². The van der Waals surface area contributed by atoms with E-state index in [-0.39, 0.29) is 53.7 Å². The number of rotatable bonds is 17. The Morgan fingerprint density at radius 3 is 2.47 bits per heavy atom. The molecule has 1 aliphatic rings. The third-order valence-corrected chi connectivity index (χ3v) is 11.0. The number of carbonyl (C=O) groups excluding carboxylic acids is 2. The second-order valence-corrected chi connectivity index (χ2v) is 15.9. The molecule has 1 fully saturated rings. The van der Waals surface area contributed by atoms with E-state index in [2.05, 4.69) is 10.3 Å². The fourth-order valence-corrected chi connectivity index (χ4v) is 8.31. The number of carbonyl (C=O) groups is 2. The van der Waals surface area contributed by atoms with Crippen LogP contribution in [0.4, 0.5) is 10.5 Å². The highest BCUT2D eigenvalue weighted by Gasteiger charge is 2.40. The molecule has 0 bridgehead atoms. The predicted molar refractivity (Wildman–Crippen MR) is 188 cm³/mol. The molecule has 1 aliphatic heterocycles. The lowest BCUT2D eigenvalue weighted by Crippen LogP contribution is -2.57. The first-order valence-electron chi connectivity index (χ1n) is 16.3. The number of aliphatic hydroxyl groups is 1. The number of nitrogens with two attached hydrogens (primary N) is 1. The van der Waals surface area contributed by atoms with Crippen molar-refractivity contribution in [1.82, 2.24) is 24.4 Å². The van der Waals surface area contributed by atoms with E-state index in [0.717, 1.165) is 16.3 Å². The fraction of sp³-hybridized carbons (Fsp3) is 0.500. The van der Waals surface area contributed by atoms with Crippen LogP contribution in [0.15, 0.2) is 58.8 Å². The number of benzene rings is 2. The lowest BCUT2D eigenvalue weighted by molar-refractivity contribution is -0.128. The van der Waals surface area contributed by atoms with Crippen LogP contribution in [0.3, 0.4) is 0 Å². The molecule has 3 aromatic rings. The van der Waals surface area contributed by atoms with Crippen molar-refractivity contribution in [3.8, 4) is 5.75 Å². The van der Waals surface area contributed by atoms with Gasteiger partial charge in [-0.1, -0.05) is 58.0 Å². The summed E-state index contributed by atoms with van der Waals surface area (Å²) in [5.41, 5.74) is 7.31. The Balaban J connectivity index is 1.56. The average Bonchev–Trinajstić information content (AvgIpc) is 3.64. The summed E-state index contributed by atoms with van der Waals surface area (Å²) in [7, 11) is -2.55. The van der Waals surface area contributed by atoms with Gasteiger partial charge in [0.25, 0.3) is 0 Å². The molecular formula is C34H48N6O7S2. The van der Waals surface area contributed by atoms with E-state index in [0.29, 0.717) is 26.2 Å². The maximum Gasteiger partial charge on any atom is 0.321 e. The second kappa shape index (κ2) is 16.8. The van der Waals surface area contributed by atoms with Gasteiger partial charge in [-0.2, -0.15) is 4.31 Å². The summed E-state index contributed by atoms with van der Waals surface area (Å²) < 4.78 is 33.9. The Bertz CT molecular complexity index is 1670. The van der Waals surface area contributed by atoms with Crippen molar-refractivity contribution in [3.05, 3.63) is 70.2 Å². The number of anilines is 1. The van der Waals surface area contributed by atoms with E-state index in [9.17, 15) is 28.2 Å². The van der Waals surface area contributed by atoms with Crippen LogP contribution in [0, 0.1) is 11.8 Å². The molecule has 4 rings (SSSR count). The van der Waals surface area contributed by atoms with Gasteiger partial charge in [0.05, 0.1) is 41.6 Å². The van der Waals surface area contributed by atoms with Crippen LogP contribution in [-0.2, 0) is 39.1 Å². The Hall–Kier alpha value is -3.76. The average molecular weight is 717 g/mol.